The first-order chi connectivity index (χ1) is 15.3. The third-order valence-corrected chi connectivity index (χ3v) is 5.41. The molecule has 32 heavy (non-hydrogen) atoms. The lowest BCUT2D eigenvalue weighted by Gasteiger charge is -2.17. The summed E-state index contributed by atoms with van der Waals surface area (Å²) < 4.78 is 12.3. The van der Waals surface area contributed by atoms with E-state index in [0.29, 0.717) is 11.4 Å². The summed E-state index contributed by atoms with van der Waals surface area (Å²) >= 11 is 0. The standard InChI is InChI=1S/C28H28N2O2/c1-17-11-21(12-18(2)27(17)31-25-9-5-7-23(29)15-25)22-13-19(3)28(20(4)14-22)32-26-10-6-8-24(30)16-26/h5-16H,29-30H2,1-4H3. The first-order valence-corrected chi connectivity index (χ1v) is 10.6. The molecular weight excluding hydrogens is 396 g/mol. The zero-order chi connectivity index (χ0) is 22.8. The van der Waals surface area contributed by atoms with Crippen molar-refractivity contribution in [1.82, 2.24) is 0 Å². The van der Waals surface area contributed by atoms with E-state index in [1.54, 1.807) is 0 Å². The second kappa shape index (κ2) is 8.67. The van der Waals surface area contributed by atoms with Crippen LogP contribution in [0.3, 0.4) is 0 Å². The summed E-state index contributed by atoms with van der Waals surface area (Å²) in [5.41, 5.74) is 19.7. The third kappa shape index (κ3) is 4.54. The fourth-order valence-electron chi connectivity index (χ4n) is 3.95. The van der Waals surface area contributed by atoms with Gasteiger partial charge in [-0.15, -0.1) is 0 Å². The summed E-state index contributed by atoms with van der Waals surface area (Å²) in [6.07, 6.45) is 0. The molecule has 0 radical (unpaired) electrons. The molecule has 0 heterocycles. The minimum absolute atomic E-state index is 0.681. The van der Waals surface area contributed by atoms with Crippen LogP contribution >= 0.6 is 0 Å². The Labute approximate surface area is 189 Å². The van der Waals surface area contributed by atoms with Crippen molar-refractivity contribution in [2.75, 3.05) is 11.5 Å². The molecule has 4 N–H and O–H groups in total. The van der Waals surface area contributed by atoms with Crippen LogP contribution < -0.4 is 20.9 Å². The summed E-state index contributed by atoms with van der Waals surface area (Å²) in [4.78, 5) is 0. The van der Waals surface area contributed by atoms with Gasteiger partial charge in [0.15, 0.2) is 0 Å². The van der Waals surface area contributed by atoms with Crippen molar-refractivity contribution in [1.29, 1.82) is 0 Å². The summed E-state index contributed by atoms with van der Waals surface area (Å²) in [7, 11) is 0. The van der Waals surface area contributed by atoms with E-state index in [1.165, 1.54) is 0 Å². The molecule has 0 aromatic heterocycles. The lowest BCUT2D eigenvalue weighted by molar-refractivity contribution is 0.475. The van der Waals surface area contributed by atoms with Crippen LogP contribution in [0, 0.1) is 27.7 Å². The van der Waals surface area contributed by atoms with Gasteiger partial charge < -0.3 is 20.9 Å². The molecule has 0 saturated carbocycles. The van der Waals surface area contributed by atoms with Gasteiger partial charge in [-0.1, -0.05) is 12.1 Å². The molecule has 0 unspecified atom stereocenters. The Morgan fingerprint density at radius 1 is 0.500 bits per heavy atom. The Kier molecular flexibility index (Phi) is 5.78. The molecule has 4 aromatic carbocycles. The minimum Gasteiger partial charge on any atom is -0.457 e. The van der Waals surface area contributed by atoms with Gasteiger partial charge in [-0.3, -0.25) is 0 Å². The summed E-state index contributed by atoms with van der Waals surface area (Å²) in [5, 5.41) is 0. The zero-order valence-corrected chi connectivity index (χ0v) is 18.9. The number of hydrogen-bond acceptors (Lipinski definition) is 4. The van der Waals surface area contributed by atoms with E-state index in [2.05, 4.69) is 52.0 Å². The SMILES string of the molecule is Cc1cc(-c2cc(C)c(Oc3cccc(N)c3)c(C)c2)cc(C)c1Oc1cccc(N)c1. The van der Waals surface area contributed by atoms with Crippen LogP contribution in [0.25, 0.3) is 11.1 Å². The maximum atomic E-state index is 6.14. The summed E-state index contributed by atoms with van der Waals surface area (Å²) in [6, 6.07) is 23.6. The average molecular weight is 425 g/mol. The molecule has 0 spiro atoms. The number of anilines is 2. The van der Waals surface area contributed by atoms with Crippen molar-refractivity contribution in [2.24, 2.45) is 0 Å². The van der Waals surface area contributed by atoms with E-state index >= 15 is 0 Å². The quantitative estimate of drug-likeness (QED) is 0.329. The highest BCUT2D eigenvalue weighted by atomic mass is 16.5. The van der Waals surface area contributed by atoms with Crippen molar-refractivity contribution in [3.05, 3.63) is 95.1 Å². The molecule has 0 fully saturated rings. The van der Waals surface area contributed by atoms with Crippen LogP contribution in [0.5, 0.6) is 23.0 Å². The van der Waals surface area contributed by atoms with Gasteiger partial charge in [-0.2, -0.15) is 0 Å². The molecule has 0 aliphatic carbocycles. The lowest BCUT2D eigenvalue weighted by Crippen LogP contribution is -1.96. The molecule has 0 saturated heterocycles. The molecule has 0 amide bonds. The van der Waals surface area contributed by atoms with Gasteiger partial charge in [0.2, 0.25) is 0 Å². The molecule has 0 aliphatic rings. The number of benzene rings is 4. The molecule has 162 valence electrons. The maximum Gasteiger partial charge on any atom is 0.133 e. The average Bonchev–Trinajstić information content (AvgIpc) is 2.73. The predicted molar refractivity (Wildman–Crippen MR) is 133 cm³/mol. The molecule has 4 nitrogen and oxygen atoms in total. The van der Waals surface area contributed by atoms with Crippen LogP contribution in [-0.2, 0) is 0 Å². The fraction of sp³-hybridized carbons (Fsp3) is 0.143. The van der Waals surface area contributed by atoms with Crippen LogP contribution in [0.4, 0.5) is 11.4 Å². The van der Waals surface area contributed by atoms with Crippen LogP contribution in [0.1, 0.15) is 22.3 Å². The second-order valence-corrected chi connectivity index (χ2v) is 8.23. The minimum atomic E-state index is 0.681. The van der Waals surface area contributed by atoms with Crippen molar-refractivity contribution in [3.63, 3.8) is 0 Å². The topological polar surface area (TPSA) is 70.5 Å². The number of nitrogen functional groups attached to an aromatic ring is 2. The van der Waals surface area contributed by atoms with Crippen LogP contribution in [0.2, 0.25) is 0 Å². The number of hydrogen-bond donors (Lipinski definition) is 2. The summed E-state index contributed by atoms with van der Waals surface area (Å²) in [5.74, 6) is 3.18. The zero-order valence-electron chi connectivity index (χ0n) is 18.9. The van der Waals surface area contributed by atoms with Gasteiger partial charge in [0.25, 0.3) is 0 Å². The van der Waals surface area contributed by atoms with Crippen molar-refractivity contribution in [2.45, 2.75) is 27.7 Å². The number of rotatable bonds is 5. The van der Waals surface area contributed by atoms with E-state index < -0.39 is 0 Å². The molecule has 4 rings (SSSR count). The fourth-order valence-corrected chi connectivity index (χ4v) is 3.95. The normalized spacial score (nSPS) is 10.8. The molecule has 0 atom stereocenters. The Hall–Kier alpha value is -3.92. The molecule has 4 heteroatoms. The second-order valence-electron chi connectivity index (χ2n) is 8.23. The number of nitrogens with two attached hydrogens (primary N) is 2. The van der Waals surface area contributed by atoms with Gasteiger partial charge >= 0.3 is 0 Å². The van der Waals surface area contributed by atoms with E-state index in [9.17, 15) is 0 Å². The Morgan fingerprint density at radius 3 is 1.16 bits per heavy atom. The Morgan fingerprint density at radius 2 is 0.844 bits per heavy atom. The van der Waals surface area contributed by atoms with E-state index in [0.717, 1.165) is 56.4 Å². The number of aryl methyl sites for hydroxylation is 4. The van der Waals surface area contributed by atoms with Gasteiger partial charge in [-0.25, -0.2) is 0 Å². The number of ether oxygens (including phenoxy) is 2. The van der Waals surface area contributed by atoms with Gasteiger partial charge in [0.1, 0.15) is 23.0 Å². The van der Waals surface area contributed by atoms with Gasteiger partial charge in [0.05, 0.1) is 0 Å². The highest BCUT2D eigenvalue weighted by molar-refractivity contribution is 5.71. The van der Waals surface area contributed by atoms with Gasteiger partial charge in [-0.05, 0) is 110 Å². The first-order valence-electron chi connectivity index (χ1n) is 10.6. The largest absolute Gasteiger partial charge is 0.457 e. The first kappa shape index (κ1) is 21.3. The van der Waals surface area contributed by atoms with Gasteiger partial charge in [0, 0.05) is 23.5 Å². The molecular formula is C28H28N2O2. The smallest absolute Gasteiger partial charge is 0.133 e. The lowest BCUT2D eigenvalue weighted by atomic mass is 9.96. The monoisotopic (exact) mass is 424 g/mol. The van der Waals surface area contributed by atoms with E-state index in [-0.39, 0.29) is 0 Å². The summed E-state index contributed by atoms with van der Waals surface area (Å²) in [6.45, 7) is 8.26. The van der Waals surface area contributed by atoms with Crippen LogP contribution in [-0.4, -0.2) is 0 Å². The van der Waals surface area contributed by atoms with Crippen molar-refractivity contribution < 1.29 is 9.47 Å². The van der Waals surface area contributed by atoms with Crippen molar-refractivity contribution in [3.8, 4) is 34.1 Å². The van der Waals surface area contributed by atoms with E-state index in [4.69, 9.17) is 20.9 Å². The third-order valence-electron chi connectivity index (χ3n) is 5.41. The van der Waals surface area contributed by atoms with Crippen molar-refractivity contribution >= 4 is 11.4 Å². The predicted octanol–water partition coefficient (Wildman–Crippen LogP) is 7.34. The highest BCUT2D eigenvalue weighted by Gasteiger charge is 2.13. The molecule has 0 bridgehead atoms. The Balaban J connectivity index is 1.65. The molecule has 0 aliphatic heterocycles. The molecule has 4 aromatic rings. The highest BCUT2D eigenvalue weighted by Crippen LogP contribution is 2.37. The maximum absolute atomic E-state index is 6.14. The Bertz CT molecular complexity index is 1150. The van der Waals surface area contributed by atoms with Crippen LogP contribution in [0.15, 0.2) is 72.8 Å². The van der Waals surface area contributed by atoms with E-state index in [1.807, 2.05) is 48.5 Å².